The smallest absolute Gasteiger partial charge is 0.315 e. The van der Waals surface area contributed by atoms with Crippen molar-refractivity contribution in [3.8, 4) is 0 Å². The average molecular weight is 1270 g/mol. The van der Waals surface area contributed by atoms with Crippen LogP contribution >= 0.6 is 0 Å². The molecule has 30 heteroatoms. The largest absolute Gasteiger partial charge is 0.394 e. The molecule has 5 aliphatic heterocycles. The Balaban J connectivity index is 1.28. The zero-order valence-corrected chi connectivity index (χ0v) is 47.8. The van der Waals surface area contributed by atoms with Crippen LogP contribution in [0.3, 0.4) is 0 Å². The Morgan fingerprint density at radius 3 is 0.888 bits per heavy atom. The number of aliphatic hydroxyl groups is 20. The highest BCUT2D eigenvalue weighted by atomic mass is 16.9. The lowest BCUT2D eigenvalue weighted by Gasteiger charge is -2.58. The molecule has 0 radical (unpaired) electrons. The third-order valence-electron chi connectivity index (χ3n) is 17.3. The summed E-state index contributed by atoms with van der Waals surface area (Å²) in [5.74, 6) is -15.5. The molecule has 0 amide bonds. The lowest BCUT2D eigenvalue weighted by Crippen LogP contribution is -2.80. The van der Waals surface area contributed by atoms with Gasteiger partial charge in [-0.15, -0.1) is 0 Å². The second-order valence-electron chi connectivity index (χ2n) is 23.1. The van der Waals surface area contributed by atoms with Crippen LogP contribution in [0.2, 0.25) is 0 Å². The van der Waals surface area contributed by atoms with Gasteiger partial charge in [0, 0.05) is 32.8 Å². The van der Waals surface area contributed by atoms with Crippen molar-refractivity contribution in [2.24, 2.45) is 0 Å². The lowest BCUT2D eigenvalue weighted by molar-refractivity contribution is -0.543. The van der Waals surface area contributed by atoms with E-state index in [0.717, 1.165) is 7.11 Å². The molecule has 5 fully saturated rings. The number of benzene rings is 4. The minimum absolute atomic E-state index is 0.0668. The van der Waals surface area contributed by atoms with Gasteiger partial charge in [-0.1, -0.05) is 121 Å². The third kappa shape index (κ3) is 12.6. The van der Waals surface area contributed by atoms with Gasteiger partial charge in [-0.2, -0.15) is 0 Å². The summed E-state index contributed by atoms with van der Waals surface area (Å²) < 4.78 is 60.5. The second kappa shape index (κ2) is 27.0. The summed E-state index contributed by atoms with van der Waals surface area (Å²) in [6, 6.07) is 29.3. The van der Waals surface area contributed by atoms with Crippen LogP contribution in [0.25, 0.3) is 0 Å². The van der Waals surface area contributed by atoms with Gasteiger partial charge in [0.2, 0.25) is 0 Å². The molecule has 4 aromatic carbocycles. The predicted molar refractivity (Wildman–Crippen MR) is 292 cm³/mol. The normalized spacial score (nSPS) is 44.4. The SMILES string of the molecule is CO[C@H]1O[C@H](CO[C@@]2(O)O[C@H](CO)[C@@H](O)[C@H](O)[C@]2(O)Cc2ccccc2)[C@@H](O[C@@]2(O)O[C@H](CO)[C@@H](O)[C@H](O)[C@]2(O)Cc2ccccc2)[C@H](O[C@@]2(O)O[C@H](CO)[C@@H](O)[C@H](O)[C@]2(O)Cc2ccccc2)[C@H]1O[C@@]1(O)O[C@H](CO)[C@@H](O)[C@H](O)[C@]1(O)Cc1ccccc1. The molecule has 4 aromatic rings. The third-order valence-corrected chi connectivity index (χ3v) is 17.3. The predicted octanol–water partition coefficient (Wildman–Crippen LogP) is -7.54. The molecule has 5 heterocycles. The summed E-state index contributed by atoms with van der Waals surface area (Å²) in [5.41, 5.74) is -13.0. The van der Waals surface area contributed by atoms with Gasteiger partial charge in [-0.25, -0.2) is 0 Å². The fourth-order valence-electron chi connectivity index (χ4n) is 12.2. The van der Waals surface area contributed by atoms with E-state index < -0.39 is 209 Å². The Morgan fingerprint density at radius 2 is 0.607 bits per heavy atom. The van der Waals surface area contributed by atoms with Crippen LogP contribution in [0.5, 0.6) is 0 Å². The van der Waals surface area contributed by atoms with Crippen LogP contribution in [0.1, 0.15) is 22.3 Å². The Kier molecular flexibility index (Phi) is 20.9. The monoisotopic (exact) mass is 1270 g/mol. The molecule has 9 rings (SSSR count). The molecular formula is C59H78O30. The van der Waals surface area contributed by atoms with E-state index in [0.29, 0.717) is 0 Å². The van der Waals surface area contributed by atoms with Crippen molar-refractivity contribution >= 4 is 0 Å². The number of aliphatic hydroxyl groups excluding tert-OH is 12. The van der Waals surface area contributed by atoms with Crippen molar-refractivity contribution < 1.29 is 149 Å². The van der Waals surface area contributed by atoms with Crippen molar-refractivity contribution in [3.05, 3.63) is 144 Å². The first-order chi connectivity index (χ1) is 42.1. The van der Waals surface area contributed by atoms with Gasteiger partial charge in [-0.05, 0) is 22.3 Å². The van der Waals surface area contributed by atoms with E-state index in [2.05, 4.69) is 0 Å². The van der Waals surface area contributed by atoms with Gasteiger partial charge < -0.3 is 149 Å². The minimum atomic E-state index is -3.99. The highest BCUT2D eigenvalue weighted by molar-refractivity contribution is 5.25. The number of ether oxygens (including phenoxy) is 10. The van der Waals surface area contributed by atoms with Crippen LogP contribution in [0.15, 0.2) is 121 Å². The van der Waals surface area contributed by atoms with Gasteiger partial charge in [0.1, 0.15) is 97.7 Å². The molecule has 25 atom stereocenters. The standard InChI is InChI=1S/C59H78O30/c1-80-51-46(89-59(79)55(75,25-34-20-12-5-13-21-34)50(71)43(67)38(29-63)86-59)45(88-58(78)54(74,24-33-18-10-4-11-19-33)49(70)42(66)37(28-62)85-58)44(87-57(77)53(73,23-32-16-8-3-9-17-32)48(69)41(65)36(27-61)84-57)39(82-51)30-81-56(76)52(72,22-31-14-6-2-7-15-31)47(68)40(64)35(26-60)83-56/h2-21,35-51,60-79H,22-30H2,1H3/t35-,36-,37-,38-,39-,40-,41-,42-,43-,44-,45+,46-,47+,48+,49+,50+,51+,52-,53-,54-,55-,56-,57+,58+,59+/m1/s1. The molecule has 0 saturated carbocycles. The van der Waals surface area contributed by atoms with Crippen molar-refractivity contribution in [1.29, 1.82) is 0 Å². The highest BCUT2D eigenvalue weighted by Crippen LogP contribution is 2.50. The number of rotatable bonds is 22. The van der Waals surface area contributed by atoms with Gasteiger partial charge in [0.05, 0.1) is 33.0 Å². The summed E-state index contributed by atoms with van der Waals surface area (Å²) in [4.78, 5) is 0. The summed E-state index contributed by atoms with van der Waals surface area (Å²) >= 11 is 0. The number of methoxy groups -OCH3 is 1. The molecule has 0 unspecified atom stereocenters. The van der Waals surface area contributed by atoms with E-state index in [1.165, 1.54) is 97.1 Å². The fourth-order valence-corrected chi connectivity index (χ4v) is 12.2. The average Bonchev–Trinajstić information content (AvgIpc) is 0.742. The molecule has 5 aliphatic rings. The van der Waals surface area contributed by atoms with Crippen LogP contribution in [-0.2, 0) is 73.1 Å². The van der Waals surface area contributed by atoms with Gasteiger partial charge in [0.25, 0.3) is 0 Å². The Hall–Kier alpha value is -4.32. The summed E-state index contributed by atoms with van der Waals surface area (Å²) in [6.07, 6.45) is -44.4. The summed E-state index contributed by atoms with van der Waals surface area (Å²) in [7, 11) is 0.883. The Morgan fingerprint density at radius 1 is 0.348 bits per heavy atom. The van der Waals surface area contributed by atoms with Crippen molar-refractivity contribution in [3.63, 3.8) is 0 Å². The van der Waals surface area contributed by atoms with E-state index in [9.17, 15) is 102 Å². The van der Waals surface area contributed by atoms with Crippen molar-refractivity contribution in [2.45, 2.75) is 176 Å². The zero-order chi connectivity index (χ0) is 64.7. The first-order valence-corrected chi connectivity index (χ1v) is 28.5. The maximum Gasteiger partial charge on any atom is 0.315 e. The topological polar surface area (TPSA) is 497 Å². The van der Waals surface area contributed by atoms with Crippen LogP contribution in [0.4, 0.5) is 0 Å². The van der Waals surface area contributed by atoms with E-state index >= 15 is 0 Å². The molecule has 0 bridgehead atoms. The van der Waals surface area contributed by atoms with E-state index in [-0.39, 0.29) is 22.3 Å². The second-order valence-corrected chi connectivity index (χ2v) is 23.1. The van der Waals surface area contributed by atoms with Gasteiger partial charge in [-0.3, -0.25) is 0 Å². The maximum atomic E-state index is 13.2. The van der Waals surface area contributed by atoms with Crippen LogP contribution in [0, 0.1) is 0 Å². The molecule has 20 N–H and O–H groups in total. The Labute approximate surface area is 507 Å². The lowest BCUT2D eigenvalue weighted by atomic mass is 9.79. The van der Waals surface area contributed by atoms with E-state index in [4.69, 9.17) is 47.4 Å². The van der Waals surface area contributed by atoms with Crippen molar-refractivity contribution in [2.75, 3.05) is 40.1 Å². The first kappa shape index (κ1) is 69.0. The number of hydrogen-bond acceptors (Lipinski definition) is 30. The van der Waals surface area contributed by atoms with E-state index in [1.807, 2.05) is 0 Å². The molecule has 494 valence electrons. The Bertz CT molecular complexity index is 2900. The zero-order valence-electron chi connectivity index (χ0n) is 47.8. The van der Waals surface area contributed by atoms with Crippen LogP contribution < -0.4 is 0 Å². The molecule has 89 heavy (non-hydrogen) atoms. The quantitative estimate of drug-likeness (QED) is 0.0325. The molecule has 30 nitrogen and oxygen atoms in total. The number of hydrogen-bond donors (Lipinski definition) is 20. The van der Waals surface area contributed by atoms with Crippen molar-refractivity contribution in [1.82, 2.24) is 0 Å². The summed E-state index contributed by atoms with van der Waals surface area (Å²) in [6.45, 7) is -6.40. The molecule has 0 spiro atoms. The molecule has 0 aromatic heterocycles. The maximum absolute atomic E-state index is 13.2. The minimum Gasteiger partial charge on any atom is -0.394 e. The van der Waals surface area contributed by atoms with Crippen LogP contribution in [-0.4, -0.2) is 293 Å². The first-order valence-electron chi connectivity index (χ1n) is 28.5. The van der Waals surface area contributed by atoms with Gasteiger partial charge in [0.15, 0.2) is 28.7 Å². The summed E-state index contributed by atoms with van der Waals surface area (Å²) in [5, 5.41) is 238. The van der Waals surface area contributed by atoms with E-state index in [1.54, 1.807) is 24.3 Å². The molecule has 5 saturated heterocycles. The fraction of sp³-hybridized carbons (Fsp3) is 0.593. The molecule has 0 aliphatic carbocycles. The highest BCUT2D eigenvalue weighted by Gasteiger charge is 2.73. The molecular weight excluding hydrogens is 1190 g/mol. The van der Waals surface area contributed by atoms with Gasteiger partial charge >= 0.3 is 23.9 Å².